The van der Waals surface area contributed by atoms with Crippen molar-refractivity contribution in [2.24, 2.45) is 0 Å². The van der Waals surface area contributed by atoms with E-state index in [0.717, 1.165) is 22.2 Å². The van der Waals surface area contributed by atoms with Gasteiger partial charge in [0, 0.05) is 49.5 Å². The molecule has 0 aliphatic carbocycles. The van der Waals surface area contributed by atoms with E-state index in [2.05, 4.69) is 20.3 Å². The van der Waals surface area contributed by atoms with E-state index in [4.69, 9.17) is 0 Å². The van der Waals surface area contributed by atoms with E-state index in [1.54, 1.807) is 46.3 Å². The molecule has 1 atom stereocenters. The molecule has 0 radical (unpaired) electrons. The van der Waals surface area contributed by atoms with Crippen molar-refractivity contribution >= 4 is 34.0 Å². The number of aryl methyl sites for hydroxylation is 1. The zero-order valence-corrected chi connectivity index (χ0v) is 22.8. The number of alkyl halides is 2. The Bertz CT molecular complexity index is 1580. The van der Waals surface area contributed by atoms with Gasteiger partial charge in [-0.1, -0.05) is 18.2 Å². The molecule has 0 spiro atoms. The van der Waals surface area contributed by atoms with Crippen LogP contribution in [0.15, 0.2) is 53.5 Å². The van der Waals surface area contributed by atoms with Crippen LogP contribution < -0.4 is 15.8 Å². The van der Waals surface area contributed by atoms with Gasteiger partial charge in [0.25, 0.3) is 12.0 Å². The van der Waals surface area contributed by atoms with Crippen LogP contribution in [0.1, 0.15) is 47.5 Å². The fraction of sp³-hybridized carbons (Fsp3) is 0.310. The SMILES string of the molecule is Cc1nc(N[C@H](C)c2cccc(C(F)F)c2C)c2cc(N(C)c3c[nH]c(=O)c(CC(=O)N(C)C)c3)ccc2n1. The Labute approximate surface area is 225 Å². The molecule has 0 saturated carbocycles. The average molecular weight is 535 g/mol. The highest BCUT2D eigenvalue weighted by Crippen LogP contribution is 2.33. The molecule has 2 heterocycles. The molecule has 0 unspecified atom stereocenters. The van der Waals surface area contributed by atoms with Crippen molar-refractivity contribution in [3.63, 3.8) is 0 Å². The summed E-state index contributed by atoms with van der Waals surface area (Å²) < 4.78 is 27.0. The lowest BCUT2D eigenvalue weighted by Gasteiger charge is -2.22. The highest BCUT2D eigenvalue weighted by atomic mass is 19.3. The van der Waals surface area contributed by atoms with E-state index in [0.29, 0.717) is 28.5 Å². The molecule has 0 fully saturated rings. The summed E-state index contributed by atoms with van der Waals surface area (Å²) in [7, 11) is 5.15. The van der Waals surface area contributed by atoms with Crippen LogP contribution in [-0.2, 0) is 11.2 Å². The number of carbonyl (C=O) groups is 1. The number of benzene rings is 2. The fourth-order valence-electron chi connectivity index (χ4n) is 4.52. The van der Waals surface area contributed by atoms with Gasteiger partial charge in [-0.3, -0.25) is 9.59 Å². The number of hydrogen-bond donors (Lipinski definition) is 2. The highest BCUT2D eigenvalue weighted by molar-refractivity contribution is 5.92. The van der Waals surface area contributed by atoms with Crippen LogP contribution in [0.5, 0.6) is 0 Å². The van der Waals surface area contributed by atoms with Gasteiger partial charge in [0.15, 0.2) is 0 Å². The van der Waals surface area contributed by atoms with Gasteiger partial charge < -0.3 is 20.1 Å². The molecular formula is C29H32F2N6O2. The number of pyridine rings is 1. The van der Waals surface area contributed by atoms with Crippen molar-refractivity contribution in [3.8, 4) is 0 Å². The number of aromatic nitrogens is 3. The van der Waals surface area contributed by atoms with Gasteiger partial charge in [-0.05, 0) is 56.2 Å². The van der Waals surface area contributed by atoms with Gasteiger partial charge in [-0.15, -0.1) is 0 Å². The van der Waals surface area contributed by atoms with Gasteiger partial charge in [-0.25, -0.2) is 18.7 Å². The van der Waals surface area contributed by atoms with Crippen molar-refractivity contribution in [2.45, 2.75) is 39.7 Å². The van der Waals surface area contributed by atoms with Gasteiger partial charge in [0.2, 0.25) is 5.91 Å². The number of H-pyrrole nitrogens is 1. The van der Waals surface area contributed by atoms with Crippen LogP contribution in [0, 0.1) is 13.8 Å². The molecule has 8 nitrogen and oxygen atoms in total. The van der Waals surface area contributed by atoms with E-state index >= 15 is 0 Å². The topological polar surface area (TPSA) is 94.2 Å². The van der Waals surface area contributed by atoms with Crippen molar-refractivity contribution in [1.82, 2.24) is 19.9 Å². The molecule has 2 aromatic carbocycles. The second-order valence-electron chi connectivity index (χ2n) is 9.79. The number of amides is 1. The number of halogens is 2. The molecule has 2 N–H and O–H groups in total. The first kappa shape index (κ1) is 27.7. The van der Waals surface area contributed by atoms with Crippen LogP contribution in [0.25, 0.3) is 10.9 Å². The van der Waals surface area contributed by atoms with Crippen molar-refractivity contribution < 1.29 is 13.6 Å². The number of nitrogens with one attached hydrogen (secondary N) is 2. The number of hydrogen-bond acceptors (Lipinski definition) is 6. The number of aromatic amines is 1. The van der Waals surface area contributed by atoms with Gasteiger partial charge in [-0.2, -0.15) is 0 Å². The minimum absolute atomic E-state index is 0.00696. The molecule has 4 aromatic rings. The predicted molar refractivity (Wildman–Crippen MR) is 150 cm³/mol. The summed E-state index contributed by atoms with van der Waals surface area (Å²) in [6.07, 6.45) is -0.957. The zero-order valence-electron chi connectivity index (χ0n) is 22.8. The normalized spacial score (nSPS) is 12.0. The van der Waals surface area contributed by atoms with Crippen molar-refractivity contribution in [1.29, 1.82) is 0 Å². The van der Waals surface area contributed by atoms with Crippen LogP contribution in [-0.4, -0.2) is 46.9 Å². The van der Waals surface area contributed by atoms with Crippen LogP contribution in [0.2, 0.25) is 0 Å². The minimum Gasteiger partial charge on any atom is -0.363 e. The first-order valence-corrected chi connectivity index (χ1v) is 12.5. The summed E-state index contributed by atoms with van der Waals surface area (Å²) in [4.78, 5) is 39.8. The van der Waals surface area contributed by atoms with E-state index in [1.807, 2.05) is 43.1 Å². The molecule has 10 heteroatoms. The monoisotopic (exact) mass is 534 g/mol. The lowest BCUT2D eigenvalue weighted by Crippen LogP contribution is -2.27. The third kappa shape index (κ3) is 5.89. The summed E-state index contributed by atoms with van der Waals surface area (Å²) in [5, 5.41) is 4.16. The molecule has 0 aliphatic rings. The van der Waals surface area contributed by atoms with Gasteiger partial charge in [0.05, 0.1) is 23.7 Å². The average Bonchev–Trinajstić information content (AvgIpc) is 2.89. The predicted octanol–water partition coefficient (Wildman–Crippen LogP) is 5.44. The maximum atomic E-state index is 13.5. The summed E-state index contributed by atoms with van der Waals surface area (Å²) in [6.45, 7) is 5.42. The largest absolute Gasteiger partial charge is 0.363 e. The van der Waals surface area contributed by atoms with E-state index in [9.17, 15) is 18.4 Å². The summed E-state index contributed by atoms with van der Waals surface area (Å²) in [6, 6.07) is 12.1. The Hall–Kier alpha value is -4.34. The number of carbonyl (C=O) groups excluding carboxylic acids is 1. The van der Waals surface area contributed by atoms with Crippen LogP contribution in [0.4, 0.5) is 26.0 Å². The van der Waals surface area contributed by atoms with E-state index < -0.39 is 6.43 Å². The van der Waals surface area contributed by atoms with Crippen molar-refractivity contribution in [3.05, 3.63) is 87.1 Å². The Morgan fingerprint density at radius 3 is 2.44 bits per heavy atom. The first-order chi connectivity index (χ1) is 18.5. The van der Waals surface area contributed by atoms with Gasteiger partial charge in [0.1, 0.15) is 11.6 Å². The summed E-state index contributed by atoms with van der Waals surface area (Å²) >= 11 is 0. The number of nitrogens with zero attached hydrogens (tertiary/aromatic N) is 4. The second-order valence-corrected chi connectivity index (χ2v) is 9.79. The molecule has 0 bridgehead atoms. The first-order valence-electron chi connectivity index (χ1n) is 12.5. The molecular weight excluding hydrogens is 502 g/mol. The Morgan fingerprint density at radius 1 is 1.03 bits per heavy atom. The number of likely N-dealkylation sites (N-methyl/N-ethyl adjacent to an activating group) is 1. The third-order valence-corrected chi connectivity index (χ3v) is 6.84. The number of rotatable bonds is 8. The lowest BCUT2D eigenvalue weighted by molar-refractivity contribution is -0.127. The Kier molecular flexibility index (Phi) is 7.94. The van der Waals surface area contributed by atoms with E-state index in [-0.39, 0.29) is 29.5 Å². The van der Waals surface area contributed by atoms with Crippen LogP contribution in [0.3, 0.4) is 0 Å². The molecule has 0 saturated heterocycles. The highest BCUT2D eigenvalue weighted by Gasteiger charge is 2.19. The lowest BCUT2D eigenvalue weighted by atomic mass is 9.97. The number of fused-ring (bicyclic) bond motifs is 1. The molecule has 204 valence electrons. The molecule has 1 amide bonds. The summed E-state index contributed by atoms with van der Waals surface area (Å²) in [5.41, 5.74) is 3.62. The molecule has 4 rings (SSSR count). The smallest absolute Gasteiger partial charge is 0.264 e. The fourth-order valence-corrected chi connectivity index (χ4v) is 4.52. The maximum Gasteiger partial charge on any atom is 0.264 e. The molecule has 0 aliphatic heterocycles. The van der Waals surface area contributed by atoms with Crippen LogP contribution >= 0.6 is 0 Å². The zero-order chi connectivity index (χ0) is 28.4. The third-order valence-electron chi connectivity index (χ3n) is 6.84. The van der Waals surface area contributed by atoms with Gasteiger partial charge >= 0.3 is 0 Å². The standard InChI is InChI=1S/C29H32F2N6O2/c1-16-22(8-7-9-23(16)27(30)31)17(2)33-28-24-14-20(10-11-25(24)34-18(3)35-28)37(6)21-12-19(29(39)32-15-21)13-26(38)36(4)5/h7-12,14-15,17,27H,13H2,1-6H3,(H,32,39)(H,33,34,35)/t17-/m1/s1. The second kappa shape index (κ2) is 11.2. The molecule has 39 heavy (non-hydrogen) atoms. The Balaban J connectivity index is 1.70. The Morgan fingerprint density at radius 2 is 1.74 bits per heavy atom. The number of anilines is 3. The maximum absolute atomic E-state index is 13.5. The summed E-state index contributed by atoms with van der Waals surface area (Å²) in [5.74, 6) is 0.991. The quantitative estimate of drug-likeness (QED) is 0.313. The van der Waals surface area contributed by atoms with Crippen molar-refractivity contribution in [2.75, 3.05) is 31.4 Å². The molecule has 2 aromatic heterocycles. The van der Waals surface area contributed by atoms with E-state index in [1.165, 1.54) is 11.0 Å². The minimum atomic E-state index is -2.55.